The molecule has 0 aliphatic carbocycles. The molecule has 0 aliphatic heterocycles. The highest BCUT2D eigenvalue weighted by molar-refractivity contribution is 5.88. The SMILES string of the molecule is [C-]#[N+]c1cc2nc(-c3nc(-c4nc5cc(C#N)c(C#N)cc5o4)[nH]c(=O)n3)oc2cc1[N+]#[C-]. The quantitative estimate of drug-likeness (QED) is 0.410. The van der Waals surface area contributed by atoms with Crippen molar-refractivity contribution in [2.24, 2.45) is 0 Å². The van der Waals surface area contributed by atoms with Crippen LogP contribution in [0.4, 0.5) is 11.4 Å². The minimum absolute atomic E-state index is 0.0774. The van der Waals surface area contributed by atoms with Crippen LogP contribution in [0.15, 0.2) is 37.9 Å². The molecule has 12 heteroatoms. The van der Waals surface area contributed by atoms with Crippen molar-refractivity contribution < 1.29 is 8.83 Å². The van der Waals surface area contributed by atoms with Crippen molar-refractivity contribution in [3.05, 3.63) is 68.7 Å². The average molecular weight is 431 g/mol. The molecule has 2 aromatic carbocycles. The van der Waals surface area contributed by atoms with E-state index in [2.05, 4.69) is 34.6 Å². The molecule has 0 radical (unpaired) electrons. The van der Waals surface area contributed by atoms with Gasteiger partial charge >= 0.3 is 5.69 Å². The fourth-order valence-corrected chi connectivity index (χ4v) is 3.07. The second-order valence-electron chi connectivity index (χ2n) is 6.49. The first-order valence-corrected chi connectivity index (χ1v) is 8.96. The number of aromatic amines is 1. The number of aromatic nitrogens is 5. The predicted molar refractivity (Wildman–Crippen MR) is 111 cm³/mol. The van der Waals surface area contributed by atoms with Crippen LogP contribution in [0, 0.1) is 35.8 Å². The molecule has 3 heterocycles. The van der Waals surface area contributed by atoms with Gasteiger partial charge in [-0.2, -0.15) is 15.5 Å². The van der Waals surface area contributed by atoms with Crippen molar-refractivity contribution in [3.8, 4) is 35.6 Å². The maximum atomic E-state index is 12.2. The van der Waals surface area contributed by atoms with Crippen LogP contribution in [0.2, 0.25) is 0 Å². The third-order valence-corrected chi connectivity index (χ3v) is 4.54. The summed E-state index contributed by atoms with van der Waals surface area (Å²) in [5.74, 6) is -0.433. The van der Waals surface area contributed by atoms with E-state index in [0.717, 1.165) is 0 Å². The molecule has 0 saturated heterocycles. The van der Waals surface area contributed by atoms with Gasteiger partial charge < -0.3 is 8.83 Å². The van der Waals surface area contributed by atoms with Gasteiger partial charge in [0.05, 0.1) is 29.8 Å². The summed E-state index contributed by atoms with van der Waals surface area (Å²) in [4.78, 5) is 37.6. The molecule has 33 heavy (non-hydrogen) atoms. The van der Waals surface area contributed by atoms with E-state index in [4.69, 9.17) is 22.0 Å². The smallest absolute Gasteiger partial charge is 0.348 e. The summed E-state index contributed by atoms with van der Waals surface area (Å²) in [5, 5.41) is 18.4. The lowest BCUT2D eigenvalue weighted by atomic mass is 10.1. The standard InChI is InChI=1S/C21H5N9O3/c1-24-11-5-14-16(6-12(11)25-2)33-20(27-14)18-28-17(29-21(31)30-18)19-26-13-3-9(7-22)10(8-23)4-15(13)32-19/h3-6H,(H,28,29,30,31). The van der Waals surface area contributed by atoms with Crippen LogP contribution >= 0.6 is 0 Å². The van der Waals surface area contributed by atoms with Gasteiger partial charge in [0.25, 0.3) is 11.8 Å². The van der Waals surface area contributed by atoms with Crippen molar-refractivity contribution in [2.75, 3.05) is 0 Å². The summed E-state index contributed by atoms with van der Waals surface area (Å²) in [6.07, 6.45) is 0. The van der Waals surface area contributed by atoms with Crippen molar-refractivity contribution in [1.29, 1.82) is 10.5 Å². The Bertz CT molecular complexity index is 1620. The second-order valence-corrected chi connectivity index (χ2v) is 6.49. The molecule has 0 bridgehead atoms. The Morgan fingerprint density at radius 2 is 1.42 bits per heavy atom. The topological polar surface area (TPSA) is 167 Å². The zero-order chi connectivity index (χ0) is 23.1. The lowest BCUT2D eigenvalue weighted by Crippen LogP contribution is -2.14. The molecule has 1 N–H and O–H groups in total. The minimum Gasteiger partial charge on any atom is -0.435 e. The van der Waals surface area contributed by atoms with E-state index in [-0.39, 0.29) is 57.1 Å². The highest BCUT2D eigenvalue weighted by Crippen LogP contribution is 2.34. The van der Waals surface area contributed by atoms with E-state index >= 15 is 0 Å². The lowest BCUT2D eigenvalue weighted by molar-refractivity contribution is 0.603. The van der Waals surface area contributed by atoms with Gasteiger partial charge in [-0.15, -0.1) is 0 Å². The normalized spacial score (nSPS) is 10.4. The Labute approximate surface area is 182 Å². The number of nitriles is 2. The molecule has 0 spiro atoms. The predicted octanol–water partition coefficient (Wildman–Crippen LogP) is 3.63. The van der Waals surface area contributed by atoms with Crippen LogP contribution in [-0.2, 0) is 0 Å². The van der Waals surface area contributed by atoms with E-state index in [1.165, 1.54) is 24.3 Å². The first-order valence-electron chi connectivity index (χ1n) is 8.96. The van der Waals surface area contributed by atoms with Crippen LogP contribution in [-0.4, -0.2) is 24.9 Å². The molecule has 0 unspecified atom stereocenters. The number of oxazole rings is 2. The fourth-order valence-electron chi connectivity index (χ4n) is 3.07. The molecule has 12 nitrogen and oxygen atoms in total. The molecule has 0 fully saturated rings. The summed E-state index contributed by atoms with van der Waals surface area (Å²) in [6, 6.07) is 9.36. The van der Waals surface area contributed by atoms with Gasteiger partial charge in [0.15, 0.2) is 22.8 Å². The summed E-state index contributed by atoms with van der Waals surface area (Å²) in [7, 11) is 0. The molecule has 0 saturated carbocycles. The first-order chi connectivity index (χ1) is 16.0. The molecule has 5 aromatic rings. The average Bonchev–Trinajstić information content (AvgIpc) is 3.44. The molecule has 0 amide bonds. The maximum Gasteiger partial charge on any atom is 0.348 e. The lowest BCUT2D eigenvalue weighted by Gasteiger charge is -1.96. The third-order valence-electron chi connectivity index (χ3n) is 4.54. The Balaban J connectivity index is 1.64. The number of fused-ring (bicyclic) bond motifs is 2. The summed E-state index contributed by atoms with van der Waals surface area (Å²) in [6.45, 7) is 14.4. The zero-order valence-electron chi connectivity index (χ0n) is 16.1. The molecule has 0 atom stereocenters. The van der Waals surface area contributed by atoms with Gasteiger partial charge in [-0.1, -0.05) is 0 Å². The number of rotatable bonds is 2. The number of H-pyrrole nitrogens is 1. The third kappa shape index (κ3) is 3.10. The maximum absolute atomic E-state index is 12.2. The minimum atomic E-state index is -0.779. The van der Waals surface area contributed by atoms with E-state index < -0.39 is 5.69 Å². The second kappa shape index (κ2) is 7.13. The molecule has 5 rings (SSSR count). The van der Waals surface area contributed by atoms with Crippen LogP contribution in [0.3, 0.4) is 0 Å². The van der Waals surface area contributed by atoms with Crippen LogP contribution in [0.1, 0.15) is 11.1 Å². The highest BCUT2D eigenvalue weighted by atomic mass is 16.4. The number of hydrogen-bond acceptors (Lipinski definition) is 9. The van der Waals surface area contributed by atoms with Crippen molar-refractivity contribution >= 4 is 33.6 Å². The van der Waals surface area contributed by atoms with E-state index in [9.17, 15) is 15.3 Å². The molecular weight excluding hydrogens is 426 g/mol. The number of benzene rings is 2. The van der Waals surface area contributed by atoms with E-state index in [1.54, 1.807) is 0 Å². The largest absolute Gasteiger partial charge is 0.435 e. The summed E-state index contributed by atoms with van der Waals surface area (Å²) in [5.41, 5.74) is 0.728. The molecule has 3 aromatic heterocycles. The Morgan fingerprint density at radius 1 is 0.818 bits per heavy atom. The van der Waals surface area contributed by atoms with Gasteiger partial charge in [0.2, 0.25) is 5.82 Å². The van der Waals surface area contributed by atoms with Crippen molar-refractivity contribution in [1.82, 2.24) is 24.9 Å². The van der Waals surface area contributed by atoms with Crippen molar-refractivity contribution in [2.45, 2.75) is 0 Å². The summed E-state index contributed by atoms with van der Waals surface area (Å²) >= 11 is 0. The fraction of sp³-hybridized carbons (Fsp3) is 0. The van der Waals surface area contributed by atoms with E-state index in [0.29, 0.717) is 11.0 Å². The molecule has 0 aliphatic rings. The monoisotopic (exact) mass is 431 g/mol. The van der Waals surface area contributed by atoms with Crippen molar-refractivity contribution in [3.63, 3.8) is 0 Å². The Morgan fingerprint density at radius 3 is 2.15 bits per heavy atom. The van der Waals surface area contributed by atoms with Crippen LogP contribution in [0.5, 0.6) is 0 Å². The van der Waals surface area contributed by atoms with Gasteiger partial charge in [-0.25, -0.2) is 24.6 Å². The summed E-state index contributed by atoms with van der Waals surface area (Å²) < 4.78 is 11.2. The Kier molecular flexibility index (Phi) is 4.14. The van der Waals surface area contributed by atoms with Crippen LogP contribution < -0.4 is 5.69 Å². The molecular formula is C21H5N9O3. The number of nitrogens with one attached hydrogen (secondary N) is 1. The van der Waals surface area contributed by atoms with E-state index in [1.807, 2.05) is 12.1 Å². The van der Waals surface area contributed by atoms with Gasteiger partial charge in [-0.05, 0) is 18.2 Å². The van der Waals surface area contributed by atoms with Gasteiger partial charge in [-0.3, -0.25) is 9.83 Å². The first kappa shape index (κ1) is 19.1. The zero-order valence-corrected chi connectivity index (χ0v) is 16.1. The number of nitrogens with zero attached hydrogens (tertiary/aromatic N) is 8. The highest BCUT2D eigenvalue weighted by Gasteiger charge is 2.19. The van der Waals surface area contributed by atoms with Gasteiger partial charge in [0.1, 0.15) is 23.2 Å². The molecule has 152 valence electrons. The Hall–Kier alpha value is -5.85. The van der Waals surface area contributed by atoms with Crippen LogP contribution in [0.25, 0.3) is 55.3 Å². The number of hydrogen-bond donors (Lipinski definition) is 1. The van der Waals surface area contributed by atoms with Gasteiger partial charge in [0, 0.05) is 6.07 Å².